The highest BCUT2D eigenvalue weighted by atomic mass is 32.2. The second-order valence-electron chi connectivity index (χ2n) is 9.83. The molecule has 3 aromatic rings. The summed E-state index contributed by atoms with van der Waals surface area (Å²) >= 11 is 0. The molecule has 6 nitrogen and oxygen atoms in total. The van der Waals surface area contributed by atoms with Crippen LogP contribution in [0.2, 0.25) is 0 Å². The molecule has 1 atom stereocenters. The van der Waals surface area contributed by atoms with Gasteiger partial charge in [-0.15, -0.1) is 0 Å². The number of ether oxygens (including phenoxy) is 2. The predicted molar refractivity (Wildman–Crippen MR) is 141 cm³/mol. The lowest BCUT2D eigenvalue weighted by molar-refractivity contribution is 0.0668. The summed E-state index contributed by atoms with van der Waals surface area (Å²) in [5.74, 6) is 0.724. The second kappa shape index (κ2) is 10.4. The minimum atomic E-state index is -3.58. The molecular formula is C29H29F2NO5S. The van der Waals surface area contributed by atoms with Crippen molar-refractivity contribution in [2.75, 3.05) is 39.2 Å². The molecule has 0 aromatic heterocycles. The highest BCUT2D eigenvalue weighted by Crippen LogP contribution is 2.48. The third kappa shape index (κ3) is 5.26. The number of hydrogen-bond donors (Lipinski definition) is 1. The van der Waals surface area contributed by atoms with Crippen LogP contribution in [0.25, 0.3) is 11.1 Å². The Morgan fingerprint density at radius 3 is 2.45 bits per heavy atom. The first-order valence-corrected chi connectivity index (χ1v) is 14.2. The fourth-order valence-corrected chi connectivity index (χ4v) is 5.59. The number of phenols is 1. The van der Waals surface area contributed by atoms with Crippen LogP contribution in [0.1, 0.15) is 29.7 Å². The summed E-state index contributed by atoms with van der Waals surface area (Å²) in [6, 6.07) is 16.0. The number of benzene rings is 3. The number of aromatic hydroxyl groups is 1. The largest absolute Gasteiger partial charge is 0.508 e. The van der Waals surface area contributed by atoms with Crippen molar-refractivity contribution in [3.63, 3.8) is 0 Å². The van der Waals surface area contributed by atoms with Crippen molar-refractivity contribution in [1.29, 1.82) is 0 Å². The number of nitrogens with zero attached hydrogens (tertiary/aromatic N) is 1. The molecule has 3 aromatic carbocycles. The van der Waals surface area contributed by atoms with Crippen LogP contribution in [0.3, 0.4) is 0 Å². The van der Waals surface area contributed by atoms with Gasteiger partial charge in [-0.1, -0.05) is 18.2 Å². The van der Waals surface area contributed by atoms with Gasteiger partial charge in [-0.25, -0.2) is 12.8 Å². The van der Waals surface area contributed by atoms with Crippen LogP contribution in [0.15, 0.2) is 65.6 Å². The summed E-state index contributed by atoms with van der Waals surface area (Å²) in [4.78, 5) is 2.04. The van der Waals surface area contributed by atoms with Crippen LogP contribution in [0, 0.1) is 11.7 Å². The number of halogens is 2. The van der Waals surface area contributed by atoms with Gasteiger partial charge in [0, 0.05) is 48.5 Å². The highest BCUT2D eigenvalue weighted by molar-refractivity contribution is 7.90. The molecule has 1 fully saturated rings. The Morgan fingerprint density at radius 1 is 1.05 bits per heavy atom. The number of phenolic OH excluding ortho intramolecular Hbond substituents is 1. The average Bonchev–Trinajstić information content (AvgIpc) is 2.86. The Kier molecular flexibility index (Phi) is 7.15. The third-order valence-electron chi connectivity index (χ3n) is 7.05. The topological polar surface area (TPSA) is 76.1 Å². The van der Waals surface area contributed by atoms with E-state index in [2.05, 4.69) is 4.90 Å². The number of hydrogen-bond acceptors (Lipinski definition) is 6. The molecule has 2 aliphatic rings. The Bertz CT molecular complexity index is 1480. The molecular weight excluding hydrogens is 512 g/mol. The fourth-order valence-electron chi connectivity index (χ4n) is 4.95. The number of likely N-dealkylation sites (tertiary alicyclic amines) is 1. The fraction of sp³-hybridized carbons (Fsp3) is 0.310. The monoisotopic (exact) mass is 541 g/mol. The van der Waals surface area contributed by atoms with Gasteiger partial charge in [0.15, 0.2) is 9.84 Å². The van der Waals surface area contributed by atoms with Crippen molar-refractivity contribution in [2.24, 2.45) is 5.92 Å². The molecule has 38 heavy (non-hydrogen) atoms. The lowest BCUT2D eigenvalue weighted by Crippen LogP contribution is -2.49. The molecule has 1 saturated heterocycles. The molecule has 2 aliphatic heterocycles. The van der Waals surface area contributed by atoms with Crippen LogP contribution in [-0.2, 0) is 9.84 Å². The summed E-state index contributed by atoms with van der Waals surface area (Å²) < 4.78 is 64.1. The van der Waals surface area contributed by atoms with E-state index in [9.17, 15) is 17.9 Å². The lowest BCUT2D eigenvalue weighted by Gasteiger charge is -2.37. The molecule has 9 heteroatoms. The first kappa shape index (κ1) is 26.2. The standard InChI is InChI=1S/C29H29F2NO5S/c1-18-25-13-21(33)5-10-27(25)37-29(28(18)24-9-8-23(14-26(24)31)38(2,34)35)20-3-6-22(7-4-20)36-12-11-32-16-19(15-30)17-32/h3-10,13-14,19,29,33H,11-12,15-17H2,1-2H3. The molecule has 0 bridgehead atoms. The molecule has 0 saturated carbocycles. The van der Waals surface area contributed by atoms with Gasteiger partial charge in [-0.3, -0.25) is 9.29 Å². The van der Waals surface area contributed by atoms with Crippen molar-refractivity contribution in [3.8, 4) is 17.2 Å². The van der Waals surface area contributed by atoms with Gasteiger partial charge in [-0.2, -0.15) is 0 Å². The predicted octanol–water partition coefficient (Wildman–Crippen LogP) is 5.28. The highest BCUT2D eigenvalue weighted by Gasteiger charge is 2.31. The molecule has 200 valence electrons. The van der Waals surface area contributed by atoms with E-state index in [0.717, 1.165) is 37.5 Å². The van der Waals surface area contributed by atoms with Crippen molar-refractivity contribution in [1.82, 2.24) is 4.90 Å². The minimum absolute atomic E-state index is 0.0531. The van der Waals surface area contributed by atoms with Gasteiger partial charge in [0.05, 0.1) is 11.6 Å². The minimum Gasteiger partial charge on any atom is -0.508 e. The Hall–Kier alpha value is -3.43. The molecule has 0 amide bonds. The molecule has 2 heterocycles. The van der Waals surface area contributed by atoms with E-state index in [4.69, 9.17) is 9.47 Å². The van der Waals surface area contributed by atoms with Crippen molar-refractivity contribution < 1.29 is 31.8 Å². The lowest BCUT2D eigenvalue weighted by atomic mass is 9.86. The van der Waals surface area contributed by atoms with Crippen molar-refractivity contribution in [2.45, 2.75) is 17.9 Å². The van der Waals surface area contributed by atoms with Crippen LogP contribution in [0.5, 0.6) is 17.2 Å². The summed E-state index contributed by atoms with van der Waals surface area (Å²) in [7, 11) is -3.58. The Morgan fingerprint density at radius 2 is 1.79 bits per heavy atom. The Labute approximate surface area is 221 Å². The van der Waals surface area contributed by atoms with E-state index in [1.807, 2.05) is 31.2 Å². The maximum absolute atomic E-state index is 15.4. The van der Waals surface area contributed by atoms with Crippen LogP contribution in [-0.4, -0.2) is 57.6 Å². The van der Waals surface area contributed by atoms with Gasteiger partial charge in [0.2, 0.25) is 0 Å². The smallest absolute Gasteiger partial charge is 0.175 e. The maximum atomic E-state index is 15.4. The van der Waals surface area contributed by atoms with Gasteiger partial charge in [-0.05, 0) is 60.5 Å². The summed E-state index contributed by atoms with van der Waals surface area (Å²) in [6.07, 6.45) is 0.351. The van der Waals surface area contributed by atoms with E-state index in [1.54, 1.807) is 12.1 Å². The number of rotatable bonds is 8. The maximum Gasteiger partial charge on any atom is 0.175 e. The van der Waals surface area contributed by atoms with Gasteiger partial charge in [0.1, 0.15) is 35.8 Å². The van der Waals surface area contributed by atoms with E-state index in [0.29, 0.717) is 34.8 Å². The number of fused-ring (bicyclic) bond motifs is 1. The van der Waals surface area contributed by atoms with Crippen LogP contribution in [0.4, 0.5) is 8.78 Å². The number of sulfone groups is 1. The van der Waals surface area contributed by atoms with Crippen LogP contribution < -0.4 is 9.47 Å². The molecule has 1 unspecified atom stereocenters. The summed E-state index contributed by atoms with van der Waals surface area (Å²) in [5, 5.41) is 10.1. The SMILES string of the molecule is CC1=C(c2ccc(S(C)(=O)=O)cc2F)C(c2ccc(OCCN3CC(CF)C3)cc2)Oc2ccc(O)cc21. The zero-order valence-corrected chi connectivity index (χ0v) is 22.0. The summed E-state index contributed by atoms with van der Waals surface area (Å²) in [5.41, 5.74) is 2.85. The van der Waals surface area contributed by atoms with E-state index >= 15 is 4.39 Å². The van der Waals surface area contributed by atoms with E-state index in [-0.39, 0.29) is 28.8 Å². The Balaban J connectivity index is 1.44. The van der Waals surface area contributed by atoms with Crippen LogP contribution >= 0.6 is 0 Å². The molecule has 0 radical (unpaired) electrons. The summed E-state index contributed by atoms with van der Waals surface area (Å²) in [6.45, 7) is 4.27. The van der Waals surface area contributed by atoms with Gasteiger partial charge >= 0.3 is 0 Å². The quantitative estimate of drug-likeness (QED) is 0.418. The van der Waals surface area contributed by atoms with E-state index in [1.165, 1.54) is 18.2 Å². The first-order valence-electron chi connectivity index (χ1n) is 12.4. The zero-order valence-electron chi connectivity index (χ0n) is 21.2. The van der Waals surface area contributed by atoms with Gasteiger partial charge in [0.25, 0.3) is 0 Å². The number of alkyl halides is 1. The molecule has 5 rings (SSSR count). The van der Waals surface area contributed by atoms with E-state index < -0.39 is 21.8 Å². The zero-order chi connectivity index (χ0) is 27.0. The number of allylic oxidation sites excluding steroid dienone is 1. The molecule has 0 spiro atoms. The normalized spacial score (nSPS) is 18.1. The molecule has 0 aliphatic carbocycles. The second-order valence-corrected chi connectivity index (χ2v) is 11.8. The van der Waals surface area contributed by atoms with Crippen molar-refractivity contribution in [3.05, 3.63) is 83.2 Å². The first-order chi connectivity index (χ1) is 18.1. The third-order valence-corrected chi connectivity index (χ3v) is 8.16. The van der Waals surface area contributed by atoms with Crippen molar-refractivity contribution >= 4 is 21.0 Å². The average molecular weight is 542 g/mol. The van der Waals surface area contributed by atoms with Gasteiger partial charge < -0.3 is 14.6 Å². The molecule has 1 N–H and O–H groups in total.